The van der Waals surface area contributed by atoms with Crippen LogP contribution in [0.3, 0.4) is 0 Å². The molecule has 0 radical (unpaired) electrons. The molecule has 1 amide bonds. The summed E-state index contributed by atoms with van der Waals surface area (Å²) in [7, 11) is 1.89. The highest BCUT2D eigenvalue weighted by Crippen LogP contribution is 2.28. The number of carbonyl (C=O) groups excluding carboxylic acids is 1. The average molecular weight is 252 g/mol. The molecule has 0 atom stereocenters. The van der Waals surface area contributed by atoms with Gasteiger partial charge in [0.25, 0.3) is 0 Å². The minimum Gasteiger partial charge on any atom is -0.490 e. The van der Waals surface area contributed by atoms with E-state index in [1.165, 1.54) is 0 Å². The van der Waals surface area contributed by atoms with Crippen LogP contribution in [0.4, 0.5) is 0 Å². The van der Waals surface area contributed by atoms with Crippen LogP contribution in [0.2, 0.25) is 0 Å². The van der Waals surface area contributed by atoms with Crippen molar-refractivity contribution in [2.75, 3.05) is 20.3 Å². The van der Waals surface area contributed by atoms with Crippen LogP contribution in [0.1, 0.15) is 18.9 Å². The van der Waals surface area contributed by atoms with Gasteiger partial charge in [-0.05, 0) is 31.7 Å². The normalized spacial score (nSPS) is 10.1. The van der Waals surface area contributed by atoms with Gasteiger partial charge in [-0.3, -0.25) is 4.79 Å². The van der Waals surface area contributed by atoms with Gasteiger partial charge in [-0.15, -0.1) is 0 Å². The zero-order valence-corrected chi connectivity index (χ0v) is 10.9. The summed E-state index contributed by atoms with van der Waals surface area (Å²) in [5, 5.41) is 3.07. The third-order valence-corrected chi connectivity index (χ3v) is 2.29. The van der Waals surface area contributed by atoms with Gasteiger partial charge >= 0.3 is 0 Å². The van der Waals surface area contributed by atoms with Gasteiger partial charge in [0.05, 0.1) is 19.6 Å². The minimum atomic E-state index is -0.375. The molecule has 0 heterocycles. The topological polar surface area (TPSA) is 73.6 Å². The molecule has 18 heavy (non-hydrogen) atoms. The van der Waals surface area contributed by atoms with Crippen molar-refractivity contribution in [1.29, 1.82) is 0 Å². The highest BCUT2D eigenvalue weighted by Gasteiger charge is 2.07. The Morgan fingerprint density at radius 3 is 2.72 bits per heavy atom. The molecule has 5 heteroatoms. The first kappa shape index (κ1) is 14.3. The van der Waals surface area contributed by atoms with E-state index < -0.39 is 0 Å². The number of hydrogen-bond acceptors (Lipinski definition) is 4. The van der Waals surface area contributed by atoms with Crippen molar-refractivity contribution in [2.24, 2.45) is 5.73 Å². The molecule has 1 aromatic rings. The highest BCUT2D eigenvalue weighted by molar-refractivity contribution is 5.73. The zero-order valence-electron chi connectivity index (χ0n) is 10.9. The van der Waals surface area contributed by atoms with Gasteiger partial charge < -0.3 is 20.5 Å². The Labute approximate surface area is 107 Å². The molecule has 100 valence electrons. The number of ether oxygens (including phenoxy) is 2. The summed E-state index contributed by atoms with van der Waals surface area (Å²) in [6.07, 6.45) is 0.198. The van der Waals surface area contributed by atoms with E-state index in [-0.39, 0.29) is 18.9 Å². The Balaban J connectivity index is 2.72. The number of hydrogen-bond donors (Lipinski definition) is 2. The van der Waals surface area contributed by atoms with Gasteiger partial charge in [0, 0.05) is 6.54 Å². The molecular weight excluding hydrogens is 232 g/mol. The van der Waals surface area contributed by atoms with Crippen LogP contribution in [0, 0.1) is 0 Å². The quantitative estimate of drug-likeness (QED) is 0.725. The maximum Gasteiger partial charge on any atom is 0.220 e. The molecule has 0 unspecified atom stereocenters. The predicted octanol–water partition coefficient (Wildman–Crippen LogP) is 1.06. The molecule has 0 saturated heterocycles. The van der Waals surface area contributed by atoms with Gasteiger partial charge in [0.15, 0.2) is 11.5 Å². The molecule has 0 fully saturated rings. The van der Waals surface area contributed by atoms with Crippen LogP contribution in [-0.2, 0) is 11.3 Å². The summed E-state index contributed by atoms with van der Waals surface area (Å²) in [5.74, 6) is 0.951. The summed E-state index contributed by atoms with van der Waals surface area (Å²) in [4.78, 5) is 10.6. The average Bonchev–Trinajstić information content (AvgIpc) is 2.32. The molecule has 0 aliphatic heterocycles. The minimum absolute atomic E-state index is 0.198. The fourth-order valence-corrected chi connectivity index (χ4v) is 1.52. The van der Waals surface area contributed by atoms with E-state index in [4.69, 9.17) is 15.2 Å². The summed E-state index contributed by atoms with van der Waals surface area (Å²) in [6.45, 7) is 3.51. The smallest absolute Gasteiger partial charge is 0.220 e. The lowest BCUT2D eigenvalue weighted by Gasteiger charge is -2.13. The Bertz CT molecular complexity index is 394. The first-order valence-corrected chi connectivity index (χ1v) is 5.98. The third kappa shape index (κ3) is 4.63. The first-order valence-electron chi connectivity index (χ1n) is 5.98. The van der Waals surface area contributed by atoms with Gasteiger partial charge in [-0.25, -0.2) is 0 Å². The van der Waals surface area contributed by atoms with Crippen LogP contribution in [0.25, 0.3) is 0 Å². The maximum atomic E-state index is 10.6. The zero-order chi connectivity index (χ0) is 13.4. The lowest BCUT2D eigenvalue weighted by atomic mass is 10.2. The van der Waals surface area contributed by atoms with Gasteiger partial charge in [0.1, 0.15) is 0 Å². The number of rotatable bonds is 8. The van der Waals surface area contributed by atoms with Crippen LogP contribution in [0.15, 0.2) is 18.2 Å². The van der Waals surface area contributed by atoms with E-state index in [9.17, 15) is 4.79 Å². The first-order chi connectivity index (χ1) is 8.67. The number of nitrogens with two attached hydrogens (primary N) is 1. The van der Waals surface area contributed by atoms with Crippen LogP contribution in [-0.4, -0.2) is 26.2 Å². The summed E-state index contributed by atoms with van der Waals surface area (Å²) < 4.78 is 11.0. The molecule has 0 aliphatic carbocycles. The fourth-order valence-electron chi connectivity index (χ4n) is 1.52. The van der Waals surface area contributed by atoms with E-state index in [2.05, 4.69) is 5.32 Å². The van der Waals surface area contributed by atoms with E-state index in [0.717, 1.165) is 12.1 Å². The largest absolute Gasteiger partial charge is 0.490 e. The molecule has 0 spiro atoms. The van der Waals surface area contributed by atoms with Crippen LogP contribution >= 0.6 is 0 Å². The maximum absolute atomic E-state index is 10.6. The summed E-state index contributed by atoms with van der Waals surface area (Å²) in [5.41, 5.74) is 6.17. The standard InChI is InChI=1S/C13H20N2O3/c1-3-17-12-8-10(9-15-2)4-5-11(12)18-7-6-13(14)16/h4-5,8,15H,3,6-7,9H2,1-2H3,(H2,14,16). The van der Waals surface area contributed by atoms with Crippen molar-refractivity contribution < 1.29 is 14.3 Å². The third-order valence-electron chi connectivity index (χ3n) is 2.29. The van der Waals surface area contributed by atoms with Crippen molar-refractivity contribution in [3.63, 3.8) is 0 Å². The molecule has 0 aliphatic rings. The fraction of sp³-hybridized carbons (Fsp3) is 0.462. The molecule has 5 nitrogen and oxygen atoms in total. The van der Waals surface area contributed by atoms with Crippen molar-refractivity contribution in [3.05, 3.63) is 23.8 Å². The Hall–Kier alpha value is -1.75. The summed E-state index contributed by atoms with van der Waals surface area (Å²) >= 11 is 0. The van der Waals surface area contributed by atoms with E-state index in [0.29, 0.717) is 18.1 Å². The van der Waals surface area contributed by atoms with E-state index in [1.54, 1.807) is 0 Å². The van der Waals surface area contributed by atoms with Gasteiger partial charge in [-0.1, -0.05) is 6.07 Å². The number of nitrogens with one attached hydrogen (secondary N) is 1. The number of amides is 1. The Kier molecular flexibility index (Phi) is 6.00. The second kappa shape index (κ2) is 7.55. The van der Waals surface area contributed by atoms with Crippen molar-refractivity contribution in [2.45, 2.75) is 19.9 Å². The molecule has 0 aromatic heterocycles. The number of benzene rings is 1. The lowest BCUT2D eigenvalue weighted by molar-refractivity contribution is -0.118. The second-order valence-electron chi connectivity index (χ2n) is 3.81. The Morgan fingerprint density at radius 1 is 1.33 bits per heavy atom. The molecule has 0 bridgehead atoms. The predicted molar refractivity (Wildman–Crippen MR) is 69.7 cm³/mol. The van der Waals surface area contributed by atoms with Crippen molar-refractivity contribution in [1.82, 2.24) is 5.32 Å². The van der Waals surface area contributed by atoms with Crippen molar-refractivity contribution in [3.8, 4) is 11.5 Å². The monoisotopic (exact) mass is 252 g/mol. The summed E-state index contributed by atoms with van der Waals surface area (Å²) in [6, 6.07) is 5.73. The van der Waals surface area contributed by atoms with Crippen LogP contribution < -0.4 is 20.5 Å². The molecular formula is C13H20N2O3. The highest BCUT2D eigenvalue weighted by atomic mass is 16.5. The number of carbonyl (C=O) groups is 1. The molecule has 1 aromatic carbocycles. The number of primary amides is 1. The molecule has 3 N–H and O–H groups in total. The molecule has 1 rings (SSSR count). The molecule has 0 saturated carbocycles. The van der Waals surface area contributed by atoms with Crippen LogP contribution in [0.5, 0.6) is 11.5 Å². The van der Waals surface area contributed by atoms with Gasteiger partial charge in [-0.2, -0.15) is 0 Å². The lowest BCUT2D eigenvalue weighted by Crippen LogP contribution is -2.15. The van der Waals surface area contributed by atoms with E-state index in [1.807, 2.05) is 32.2 Å². The van der Waals surface area contributed by atoms with E-state index >= 15 is 0 Å². The SMILES string of the molecule is CCOc1cc(CNC)ccc1OCCC(N)=O. The second-order valence-corrected chi connectivity index (χ2v) is 3.81. The van der Waals surface area contributed by atoms with Crippen molar-refractivity contribution >= 4 is 5.91 Å². The Morgan fingerprint density at radius 2 is 2.11 bits per heavy atom. The van der Waals surface area contributed by atoms with Gasteiger partial charge in [0.2, 0.25) is 5.91 Å².